The molecule has 0 atom stereocenters. The summed E-state index contributed by atoms with van der Waals surface area (Å²) in [5.74, 6) is 0. The van der Waals surface area contributed by atoms with Gasteiger partial charge in [0.05, 0.1) is 0 Å². The van der Waals surface area contributed by atoms with Crippen LogP contribution >= 0.6 is 0 Å². The Morgan fingerprint density at radius 3 is 0.750 bits per heavy atom. The van der Waals surface area contributed by atoms with Gasteiger partial charge in [-0.2, -0.15) is 0 Å². The Morgan fingerprint density at radius 2 is 0.625 bits per heavy atom. The molecule has 0 bridgehead atoms. The minimum Gasteiger partial charge on any atom is -0.255 e. The maximum absolute atomic E-state index is 6.00. The van der Waals surface area contributed by atoms with Crippen LogP contribution in [0.1, 0.15) is 0 Å². The summed E-state index contributed by atoms with van der Waals surface area (Å²) in [7, 11) is 0. The van der Waals surface area contributed by atoms with Gasteiger partial charge in [-0.05, 0) is 0 Å². The van der Waals surface area contributed by atoms with Gasteiger partial charge in [0.15, 0.2) is 0 Å². The zero-order valence-corrected chi connectivity index (χ0v) is 4.36. The van der Waals surface area contributed by atoms with Crippen molar-refractivity contribution in [1.82, 2.24) is 0 Å². The third-order valence-electron chi connectivity index (χ3n) is 0.667. The molecule has 0 unspecified atom stereocenters. The molecule has 0 aliphatic heterocycles. The van der Waals surface area contributed by atoms with E-state index in [0.717, 1.165) is 0 Å². The fourth-order valence-corrected chi connectivity index (χ4v) is 0.385. The van der Waals surface area contributed by atoms with Crippen LogP contribution in [0.2, 0.25) is 0 Å². The molecule has 2 nitrogen and oxygen atoms in total. The van der Waals surface area contributed by atoms with Gasteiger partial charge in [-0.25, -0.2) is 0 Å². The summed E-state index contributed by atoms with van der Waals surface area (Å²) in [4.78, 5) is 0. The van der Waals surface area contributed by atoms with Gasteiger partial charge in [0, 0.05) is 0 Å². The lowest BCUT2D eigenvalue weighted by atomic mass is 10.4. The predicted octanol–water partition coefficient (Wildman–Crippen LogP) is 1.70. The summed E-state index contributed by atoms with van der Waals surface area (Å²) in [5, 5.41) is 12.0. The molecule has 0 aliphatic rings. The molecular formula is C6H8O2. The Labute approximate surface area is 48.0 Å². The third kappa shape index (κ3) is 3.33. The second-order valence-electron chi connectivity index (χ2n) is 1.15. The second kappa shape index (κ2) is 6.14. The van der Waals surface area contributed by atoms with Crippen LogP contribution in [0, 0.1) is 0 Å². The summed E-state index contributed by atoms with van der Waals surface area (Å²) in [6, 6.07) is 12.0. The van der Waals surface area contributed by atoms with Crippen LogP contribution in [0.3, 0.4) is 0 Å². The molecule has 2 N–H and O–H groups in total. The molecule has 2 heteroatoms. The maximum Gasteiger partial charge on any atom is -0.0623 e. The molecule has 0 aliphatic carbocycles. The first-order valence-electron chi connectivity index (χ1n) is 2.20. The highest BCUT2D eigenvalue weighted by molar-refractivity contribution is 4.99. The summed E-state index contributed by atoms with van der Waals surface area (Å²) in [6.07, 6.45) is 0. The van der Waals surface area contributed by atoms with Crippen molar-refractivity contribution >= 4 is 0 Å². The van der Waals surface area contributed by atoms with Crippen LogP contribution in [0.25, 0.3) is 0 Å². The molecule has 1 aromatic rings. The Kier molecular flexibility index (Phi) is 5.48. The van der Waals surface area contributed by atoms with Gasteiger partial charge >= 0.3 is 0 Å². The molecule has 0 amide bonds. The van der Waals surface area contributed by atoms with E-state index in [-0.39, 0.29) is 0 Å². The average molecular weight is 112 g/mol. The van der Waals surface area contributed by atoms with E-state index in [9.17, 15) is 0 Å². The highest BCUT2D eigenvalue weighted by Gasteiger charge is 1.57. The molecular weight excluding hydrogens is 104 g/mol. The minimum absolute atomic E-state index is 2.00. The quantitative estimate of drug-likeness (QED) is 0.396. The van der Waals surface area contributed by atoms with Crippen molar-refractivity contribution in [3.8, 4) is 0 Å². The predicted molar refractivity (Wildman–Crippen MR) is 31.7 cm³/mol. The van der Waals surface area contributed by atoms with E-state index in [0.29, 0.717) is 0 Å². The van der Waals surface area contributed by atoms with Crippen molar-refractivity contribution in [1.29, 1.82) is 0 Å². The fourth-order valence-electron chi connectivity index (χ4n) is 0.385. The Hall–Kier alpha value is -0.860. The van der Waals surface area contributed by atoms with Crippen molar-refractivity contribution in [2.75, 3.05) is 0 Å². The van der Waals surface area contributed by atoms with Gasteiger partial charge in [-0.1, -0.05) is 36.4 Å². The standard InChI is InChI=1S/C6H6.H2O2/c1-2-4-6-5-3-1;1-2/h1-6H;1-2H. The van der Waals surface area contributed by atoms with Crippen LogP contribution in [0.5, 0.6) is 0 Å². The van der Waals surface area contributed by atoms with E-state index >= 15 is 0 Å². The smallest absolute Gasteiger partial charge is 0.0623 e. The third-order valence-corrected chi connectivity index (χ3v) is 0.667. The molecule has 44 valence electrons. The lowest BCUT2D eigenvalue weighted by Gasteiger charge is -1.69. The highest BCUT2D eigenvalue weighted by atomic mass is 17.0. The van der Waals surface area contributed by atoms with Crippen LogP contribution < -0.4 is 0 Å². The Balaban J connectivity index is 0.000000222. The summed E-state index contributed by atoms with van der Waals surface area (Å²) >= 11 is 0. The van der Waals surface area contributed by atoms with Gasteiger partial charge in [0.25, 0.3) is 0 Å². The van der Waals surface area contributed by atoms with Crippen LogP contribution in [0.15, 0.2) is 36.4 Å². The van der Waals surface area contributed by atoms with Gasteiger partial charge < -0.3 is 0 Å². The molecule has 0 radical (unpaired) electrons. The van der Waals surface area contributed by atoms with E-state index in [1.165, 1.54) is 0 Å². The Morgan fingerprint density at radius 1 is 0.500 bits per heavy atom. The number of rotatable bonds is 0. The van der Waals surface area contributed by atoms with Crippen molar-refractivity contribution in [2.24, 2.45) is 0 Å². The molecule has 0 aromatic heterocycles. The molecule has 8 heavy (non-hydrogen) atoms. The van der Waals surface area contributed by atoms with Crippen molar-refractivity contribution in [3.63, 3.8) is 0 Å². The number of benzene rings is 1. The van der Waals surface area contributed by atoms with E-state index in [2.05, 4.69) is 0 Å². The first-order chi connectivity index (χ1) is 4.00. The van der Waals surface area contributed by atoms with Crippen LogP contribution in [-0.2, 0) is 0 Å². The Bertz CT molecular complexity index is 78.5. The highest BCUT2D eigenvalue weighted by Crippen LogP contribution is 1.79. The molecule has 0 fully saturated rings. The van der Waals surface area contributed by atoms with Crippen molar-refractivity contribution in [2.45, 2.75) is 0 Å². The minimum atomic E-state index is 2.00. The van der Waals surface area contributed by atoms with Gasteiger partial charge in [0.1, 0.15) is 0 Å². The van der Waals surface area contributed by atoms with E-state index < -0.39 is 0 Å². The average Bonchev–Trinajstić information content (AvgIpc) is 1.96. The molecule has 1 rings (SSSR count). The van der Waals surface area contributed by atoms with Gasteiger partial charge in [-0.15, -0.1) is 0 Å². The van der Waals surface area contributed by atoms with E-state index in [4.69, 9.17) is 10.5 Å². The SMILES string of the molecule is OO.c1ccccc1. The molecule has 0 spiro atoms. The van der Waals surface area contributed by atoms with Crippen LogP contribution in [-0.4, -0.2) is 10.5 Å². The maximum atomic E-state index is 6.00. The molecule has 0 saturated carbocycles. The van der Waals surface area contributed by atoms with Gasteiger partial charge in [0.2, 0.25) is 0 Å². The topological polar surface area (TPSA) is 40.5 Å². The fraction of sp³-hybridized carbons (Fsp3) is 0. The first-order valence-corrected chi connectivity index (χ1v) is 2.20. The van der Waals surface area contributed by atoms with Crippen LogP contribution in [0.4, 0.5) is 0 Å². The first kappa shape index (κ1) is 7.14. The van der Waals surface area contributed by atoms with Crippen molar-refractivity contribution < 1.29 is 10.5 Å². The van der Waals surface area contributed by atoms with Gasteiger partial charge in [-0.3, -0.25) is 10.5 Å². The monoisotopic (exact) mass is 112 g/mol. The summed E-state index contributed by atoms with van der Waals surface area (Å²) in [6.45, 7) is 0. The zero-order chi connectivity index (χ0) is 6.24. The second-order valence-corrected chi connectivity index (χ2v) is 1.15. The largest absolute Gasteiger partial charge is 0.255 e. The zero-order valence-electron chi connectivity index (χ0n) is 4.36. The summed E-state index contributed by atoms with van der Waals surface area (Å²) < 4.78 is 0. The lowest BCUT2D eigenvalue weighted by Crippen LogP contribution is -1.47. The summed E-state index contributed by atoms with van der Waals surface area (Å²) in [5.41, 5.74) is 0. The van der Waals surface area contributed by atoms with Crippen molar-refractivity contribution in [3.05, 3.63) is 36.4 Å². The number of hydrogen-bond acceptors (Lipinski definition) is 2. The van der Waals surface area contributed by atoms with E-state index in [1.807, 2.05) is 36.4 Å². The molecule has 0 heterocycles. The molecule has 0 saturated heterocycles. The van der Waals surface area contributed by atoms with E-state index in [1.54, 1.807) is 0 Å². The normalized spacial score (nSPS) is 6.75. The molecule has 1 aromatic carbocycles. The lowest BCUT2D eigenvalue weighted by molar-refractivity contribution is -0.176. The number of hydrogen-bond donors (Lipinski definition) is 2.